The molecule has 0 aromatic heterocycles. The zero-order valence-corrected chi connectivity index (χ0v) is 8.12. The van der Waals surface area contributed by atoms with E-state index >= 15 is 0 Å². The molecule has 2 atom stereocenters. The average molecular weight is 274 g/mol. The van der Waals surface area contributed by atoms with Crippen LogP contribution in [0, 0.1) is 0 Å². The number of carbonyl (C=O) groups is 2. The lowest BCUT2D eigenvalue weighted by Gasteiger charge is -1.90. The standard InChI is InChI=1S/C4H2Br2O2S/c5-3-1(7)2(8)4(6)9-3/h3-4H/t3-,4-/m0/s1. The summed E-state index contributed by atoms with van der Waals surface area (Å²) < 4.78 is -0.677. The van der Waals surface area contributed by atoms with Crippen LogP contribution < -0.4 is 0 Å². The van der Waals surface area contributed by atoms with Gasteiger partial charge in [0.15, 0.2) is 0 Å². The largest absolute Gasteiger partial charge is 0.289 e. The highest BCUT2D eigenvalue weighted by Crippen LogP contribution is 2.35. The maximum absolute atomic E-state index is 10.7. The molecule has 5 heteroatoms. The molecule has 2 nitrogen and oxygen atoms in total. The fourth-order valence-corrected chi connectivity index (χ4v) is 3.76. The lowest BCUT2D eigenvalue weighted by molar-refractivity contribution is -0.133. The number of rotatable bonds is 0. The average Bonchev–Trinajstić information content (AvgIpc) is 1.98. The Morgan fingerprint density at radius 2 is 1.44 bits per heavy atom. The molecule has 0 bridgehead atoms. The fourth-order valence-electron chi connectivity index (χ4n) is 0.452. The molecule has 0 aromatic rings. The monoisotopic (exact) mass is 272 g/mol. The zero-order valence-electron chi connectivity index (χ0n) is 4.14. The fraction of sp³-hybridized carbons (Fsp3) is 0.500. The van der Waals surface area contributed by atoms with Crippen molar-refractivity contribution in [3.8, 4) is 0 Å². The summed E-state index contributed by atoms with van der Waals surface area (Å²) in [6, 6.07) is 0. The summed E-state index contributed by atoms with van der Waals surface area (Å²) in [5, 5.41) is 0. The minimum Gasteiger partial charge on any atom is -0.289 e. The van der Waals surface area contributed by atoms with Gasteiger partial charge in [0.2, 0.25) is 11.6 Å². The van der Waals surface area contributed by atoms with Crippen molar-refractivity contribution in [1.29, 1.82) is 0 Å². The summed E-state index contributed by atoms with van der Waals surface area (Å²) in [6.07, 6.45) is 0. The van der Waals surface area contributed by atoms with Crippen LogP contribution in [0.15, 0.2) is 0 Å². The SMILES string of the molecule is O=C1C(=O)[C@@H](Br)S[C@@H]1Br. The second-order valence-corrected chi connectivity index (χ2v) is 5.76. The van der Waals surface area contributed by atoms with Gasteiger partial charge in [-0.25, -0.2) is 0 Å². The van der Waals surface area contributed by atoms with Gasteiger partial charge in [0.05, 0.1) is 0 Å². The summed E-state index contributed by atoms with van der Waals surface area (Å²) in [6.45, 7) is 0. The number of alkyl halides is 2. The highest BCUT2D eigenvalue weighted by Gasteiger charge is 2.38. The van der Waals surface area contributed by atoms with Gasteiger partial charge in [-0.2, -0.15) is 0 Å². The first kappa shape index (κ1) is 7.75. The molecule has 1 rings (SSSR count). The molecule has 0 spiro atoms. The van der Waals surface area contributed by atoms with Gasteiger partial charge >= 0.3 is 0 Å². The zero-order chi connectivity index (χ0) is 7.02. The van der Waals surface area contributed by atoms with Crippen molar-refractivity contribution in [3.63, 3.8) is 0 Å². The third-order valence-electron chi connectivity index (χ3n) is 0.894. The quantitative estimate of drug-likeness (QED) is 0.493. The van der Waals surface area contributed by atoms with Crippen LogP contribution in [0.3, 0.4) is 0 Å². The van der Waals surface area contributed by atoms with Crippen LogP contribution in [0.2, 0.25) is 0 Å². The minimum absolute atomic E-state index is 0.339. The summed E-state index contributed by atoms with van der Waals surface area (Å²) in [5.41, 5.74) is 0. The van der Waals surface area contributed by atoms with Crippen molar-refractivity contribution < 1.29 is 9.59 Å². The topological polar surface area (TPSA) is 34.1 Å². The van der Waals surface area contributed by atoms with E-state index in [1.54, 1.807) is 0 Å². The van der Waals surface area contributed by atoms with E-state index in [-0.39, 0.29) is 19.9 Å². The molecule has 0 radical (unpaired) electrons. The summed E-state index contributed by atoms with van der Waals surface area (Å²) in [5.74, 6) is -0.691. The molecule has 1 heterocycles. The number of hydrogen-bond donors (Lipinski definition) is 0. The van der Waals surface area contributed by atoms with Crippen molar-refractivity contribution in [1.82, 2.24) is 0 Å². The van der Waals surface area contributed by atoms with Crippen LogP contribution in [0.25, 0.3) is 0 Å². The molecule has 1 aliphatic rings. The van der Waals surface area contributed by atoms with Crippen molar-refractivity contribution in [2.45, 2.75) is 8.32 Å². The third-order valence-corrected chi connectivity index (χ3v) is 3.93. The van der Waals surface area contributed by atoms with Crippen LogP contribution in [-0.4, -0.2) is 19.9 Å². The molecular formula is C4H2Br2O2S. The first-order chi connectivity index (χ1) is 4.13. The number of hydrogen-bond acceptors (Lipinski definition) is 3. The Morgan fingerprint density at radius 3 is 1.56 bits per heavy atom. The molecule has 0 aromatic carbocycles. The van der Waals surface area contributed by atoms with E-state index in [9.17, 15) is 9.59 Å². The first-order valence-corrected chi connectivity index (χ1v) is 4.92. The van der Waals surface area contributed by atoms with Gasteiger partial charge in [-0.1, -0.05) is 31.9 Å². The molecule has 0 amide bonds. The smallest absolute Gasteiger partial charge is 0.224 e. The highest BCUT2D eigenvalue weighted by molar-refractivity contribution is 9.14. The van der Waals surface area contributed by atoms with Crippen molar-refractivity contribution in [3.05, 3.63) is 0 Å². The number of Topliss-reactive ketones (excluding diaryl/α,β-unsaturated/α-hetero) is 2. The molecule has 0 unspecified atom stereocenters. The Kier molecular flexibility index (Phi) is 2.34. The molecule has 1 saturated heterocycles. The van der Waals surface area contributed by atoms with Gasteiger partial charge in [-0.05, 0) is 0 Å². The van der Waals surface area contributed by atoms with E-state index in [0.717, 1.165) is 0 Å². The van der Waals surface area contributed by atoms with E-state index in [1.807, 2.05) is 0 Å². The van der Waals surface area contributed by atoms with E-state index in [1.165, 1.54) is 11.8 Å². The Balaban J connectivity index is 2.77. The van der Waals surface area contributed by atoms with Crippen molar-refractivity contribution in [2.75, 3.05) is 0 Å². The van der Waals surface area contributed by atoms with Crippen LogP contribution in [-0.2, 0) is 9.59 Å². The van der Waals surface area contributed by atoms with Crippen molar-refractivity contribution >= 4 is 55.2 Å². The number of carbonyl (C=O) groups excluding carboxylic acids is 2. The van der Waals surface area contributed by atoms with Crippen LogP contribution in [0.5, 0.6) is 0 Å². The van der Waals surface area contributed by atoms with E-state index in [4.69, 9.17) is 0 Å². The molecule has 50 valence electrons. The summed E-state index contributed by atoms with van der Waals surface area (Å²) in [4.78, 5) is 21.3. The number of halogens is 2. The predicted octanol–water partition coefficient (Wildman–Crippen LogP) is 1.31. The Morgan fingerprint density at radius 1 is 1.11 bits per heavy atom. The van der Waals surface area contributed by atoms with Gasteiger partial charge in [0, 0.05) is 0 Å². The Labute approximate surface area is 73.0 Å². The molecular weight excluding hydrogens is 272 g/mol. The maximum Gasteiger partial charge on any atom is 0.224 e. The Hall–Kier alpha value is 0.650. The van der Waals surface area contributed by atoms with E-state index < -0.39 is 0 Å². The number of ketones is 2. The van der Waals surface area contributed by atoms with Gasteiger partial charge in [-0.3, -0.25) is 9.59 Å². The third kappa shape index (κ3) is 1.38. The first-order valence-electron chi connectivity index (χ1n) is 2.14. The second-order valence-electron chi connectivity index (χ2n) is 1.50. The number of thioether (sulfide) groups is 1. The molecule has 0 N–H and O–H groups in total. The van der Waals surface area contributed by atoms with Crippen molar-refractivity contribution in [2.24, 2.45) is 0 Å². The lowest BCUT2D eigenvalue weighted by Crippen LogP contribution is -2.15. The summed E-state index contributed by atoms with van der Waals surface area (Å²) in [7, 11) is 0. The van der Waals surface area contributed by atoms with Gasteiger partial charge in [0.25, 0.3) is 0 Å². The molecule has 0 aliphatic carbocycles. The van der Waals surface area contributed by atoms with E-state index in [2.05, 4.69) is 31.9 Å². The predicted molar refractivity (Wildman–Crippen MR) is 43.0 cm³/mol. The van der Waals surface area contributed by atoms with Gasteiger partial charge in [0.1, 0.15) is 8.32 Å². The molecule has 1 aliphatic heterocycles. The summed E-state index contributed by atoms with van der Waals surface area (Å²) >= 11 is 7.36. The lowest BCUT2D eigenvalue weighted by atomic mass is 10.3. The van der Waals surface area contributed by atoms with Gasteiger partial charge < -0.3 is 0 Å². The molecule has 9 heavy (non-hydrogen) atoms. The second kappa shape index (κ2) is 2.72. The van der Waals surface area contributed by atoms with Crippen LogP contribution >= 0.6 is 43.6 Å². The minimum atomic E-state index is -0.345. The molecule has 0 saturated carbocycles. The normalized spacial score (nSPS) is 35.8. The van der Waals surface area contributed by atoms with Crippen LogP contribution in [0.1, 0.15) is 0 Å². The van der Waals surface area contributed by atoms with Crippen LogP contribution in [0.4, 0.5) is 0 Å². The van der Waals surface area contributed by atoms with Gasteiger partial charge in [-0.15, -0.1) is 11.8 Å². The molecule has 1 fully saturated rings. The highest BCUT2D eigenvalue weighted by atomic mass is 79.9. The van der Waals surface area contributed by atoms with E-state index in [0.29, 0.717) is 0 Å². The Bertz CT molecular complexity index is 152. The maximum atomic E-state index is 10.7.